The summed E-state index contributed by atoms with van der Waals surface area (Å²) in [6, 6.07) is 0.0407. The molecule has 0 aromatic heterocycles. The van der Waals surface area contributed by atoms with Gasteiger partial charge in [0.1, 0.15) is 6.54 Å². The van der Waals surface area contributed by atoms with E-state index in [-0.39, 0.29) is 18.5 Å². The second kappa shape index (κ2) is 7.09. The number of rotatable bonds is 4. The maximum absolute atomic E-state index is 12.5. The average Bonchev–Trinajstić information content (AvgIpc) is 2.51. The number of nitrogens with two attached hydrogens (primary N) is 1. The monoisotopic (exact) mass is 310 g/mol. The summed E-state index contributed by atoms with van der Waals surface area (Å²) in [5.74, 6) is -0.623. The van der Waals surface area contributed by atoms with Crippen molar-refractivity contribution < 1.29 is 14.4 Å². The number of nitrogens with zero attached hydrogens (tertiary/aromatic N) is 3. The summed E-state index contributed by atoms with van der Waals surface area (Å²) >= 11 is 0. The second-order valence-electron chi connectivity index (χ2n) is 6.22. The van der Waals surface area contributed by atoms with Crippen LogP contribution in [-0.4, -0.2) is 77.7 Å². The van der Waals surface area contributed by atoms with Gasteiger partial charge in [0.2, 0.25) is 5.91 Å². The molecule has 2 aliphatic rings. The van der Waals surface area contributed by atoms with Crippen molar-refractivity contribution in [1.82, 2.24) is 14.7 Å². The molecule has 2 aliphatic heterocycles. The zero-order valence-corrected chi connectivity index (χ0v) is 13.5. The first-order valence-electron chi connectivity index (χ1n) is 8.05. The Morgan fingerprint density at radius 2 is 1.82 bits per heavy atom. The maximum Gasteiger partial charge on any atom is 0.312 e. The molecule has 0 aromatic carbocycles. The molecule has 0 aliphatic carbocycles. The number of hydrogen-bond acceptors (Lipinski definition) is 4. The number of likely N-dealkylation sites (tertiary alicyclic amines) is 1. The van der Waals surface area contributed by atoms with E-state index in [0.29, 0.717) is 38.6 Å². The minimum atomic E-state index is -0.573. The molecule has 0 aromatic rings. The van der Waals surface area contributed by atoms with E-state index in [1.807, 2.05) is 6.92 Å². The lowest BCUT2D eigenvalue weighted by molar-refractivity contribution is -0.158. The molecule has 2 unspecified atom stereocenters. The molecular formula is C15H26N4O3. The predicted molar refractivity (Wildman–Crippen MR) is 81.8 cm³/mol. The summed E-state index contributed by atoms with van der Waals surface area (Å²) in [5.41, 5.74) is 5.78. The molecule has 2 N–H and O–H groups in total. The minimum absolute atomic E-state index is 0.0208. The molecule has 0 saturated carbocycles. The number of carbonyl (C=O) groups excluding carboxylic acids is 3. The Balaban J connectivity index is 1.97. The molecule has 2 rings (SSSR count). The Kier molecular flexibility index (Phi) is 5.39. The molecule has 7 heteroatoms. The minimum Gasteiger partial charge on any atom is -0.337 e. The molecule has 2 atom stereocenters. The van der Waals surface area contributed by atoms with E-state index >= 15 is 0 Å². The van der Waals surface area contributed by atoms with Gasteiger partial charge in [-0.1, -0.05) is 6.92 Å². The van der Waals surface area contributed by atoms with Crippen LogP contribution in [0.25, 0.3) is 0 Å². The third-order valence-corrected chi connectivity index (χ3v) is 4.68. The van der Waals surface area contributed by atoms with Crippen LogP contribution in [0.2, 0.25) is 0 Å². The number of piperidine rings is 1. The van der Waals surface area contributed by atoms with Crippen molar-refractivity contribution in [3.05, 3.63) is 0 Å². The summed E-state index contributed by atoms with van der Waals surface area (Å²) in [6.45, 7) is 6.53. The lowest BCUT2D eigenvalue weighted by Gasteiger charge is -2.40. The molecule has 124 valence electrons. The van der Waals surface area contributed by atoms with Crippen LogP contribution in [-0.2, 0) is 14.4 Å². The fourth-order valence-electron chi connectivity index (χ4n) is 3.23. The van der Waals surface area contributed by atoms with Gasteiger partial charge in [-0.25, -0.2) is 0 Å². The van der Waals surface area contributed by atoms with Gasteiger partial charge in [-0.05, 0) is 25.7 Å². The average molecular weight is 310 g/mol. The summed E-state index contributed by atoms with van der Waals surface area (Å²) in [6.07, 6.45) is 1.86. The molecule has 0 spiro atoms. The van der Waals surface area contributed by atoms with Crippen molar-refractivity contribution in [2.45, 2.75) is 32.7 Å². The smallest absolute Gasteiger partial charge is 0.312 e. The first kappa shape index (κ1) is 16.7. The van der Waals surface area contributed by atoms with Gasteiger partial charge in [-0.2, -0.15) is 0 Å². The first-order valence-corrected chi connectivity index (χ1v) is 8.05. The van der Waals surface area contributed by atoms with E-state index in [1.165, 1.54) is 9.80 Å². The quantitative estimate of drug-likeness (QED) is 0.693. The number of piperazine rings is 1. The zero-order chi connectivity index (χ0) is 16.3. The van der Waals surface area contributed by atoms with Crippen molar-refractivity contribution in [2.24, 2.45) is 11.7 Å². The Hall–Kier alpha value is -1.63. The molecule has 2 saturated heterocycles. The fourth-order valence-corrected chi connectivity index (χ4v) is 3.23. The highest BCUT2D eigenvalue weighted by Gasteiger charge is 2.35. The van der Waals surface area contributed by atoms with Crippen LogP contribution < -0.4 is 5.73 Å². The molecule has 2 heterocycles. The third-order valence-electron chi connectivity index (χ3n) is 4.68. The Morgan fingerprint density at radius 1 is 1.18 bits per heavy atom. The summed E-state index contributed by atoms with van der Waals surface area (Å²) in [4.78, 5) is 41.1. The van der Waals surface area contributed by atoms with E-state index in [1.54, 1.807) is 4.90 Å². The Labute approximate surface area is 131 Å². The SMILES string of the molecule is CCN1CCN(CC(=O)N2CCC(C)CC2CN)C(=O)C1=O. The summed E-state index contributed by atoms with van der Waals surface area (Å²) < 4.78 is 0. The normalized spacial score (nSPS) is 26.6. The molecule has 0 bridgehead atoms. The number of likely N-dealkylation sites (N-methyl/N-ethyl adjacent to an activating group) is 1. The molecule has 7 nitrogen and oxygen atoms in total. The number of carbonyl (C=O) groups is 3. The highest BCUT2D eigenvalue weighted by molar-refractivity contribution is 6.35. The lowest BCUT2D eigenvalue weighted by atomic mass is 9.92. The maximum atomic E-state index is 12.5. The third kappa shape index (κ3) is 3.40. The van der Waals surface area contributed by atoms with Crippen LogP contribution in [0.3, 0.4) is 0 Å². The Morgan fingerprint density at radius 3 is 2.45 bits per heavy atom. The van der Waals surface area contributed by atoms with Gasteiger partial charge in [0.25, 0.3) is 0 Å². The topological polar surface area (TPSA) is 86.9 Å². The van der Waals surface area contributed by atoms with Crippen molar-refractivity contribution in [3.8, 4) is 0 Å². The highest BCUT2D eigenvalue weighted by Crippen LogP contribution is 2.22. The number of hydrogen-bond donors (Lipinski definition) is 1. The van der Waals surface area contributed by atoms with Crippen LogP contribution in [0, 0.1) is 5.92 Å². The zero-order valence-electron chi connectivity index (χ0n) is 13.5. The van der Waals surface area contributed by atoms with E-state index in [4.69, 9.17) is 5.73 Å². The first-order chi connectivity index (χ1) is 10.5. The van der Waals surface area contributed by atoms with Crippen LogP contribution in [0.1, 0.15) is 26.7 Å². The standard InChI is InChI=1S/C15H26N4O3/c1-3-17-6-7-18(15(22)14(17)21)10-13(20)19-5-4-11(2)8-12(19)9-16/h11-12H,3-10,16H2,1-2H3. The largest absolute Gasteiger partial charge is 0.337 e. The van der Waals surface area contributed by atoms with Crippen LogP contribution in [0.5, 0.6) is 0 Å². The van der Waals surface area contributed by atoms with Gasteiger partial charge in [-0.15, -0.1) is 0 Å². The molecule has 0 radical (unpaired) electrons. The molecule has 3 amide bonds. The van der Waals surface area contributed by atoms with Crippen LogP contribution >= 0.6 is 0 Å². The van der Waals surface area contributed by atoms with Gasteiger partial charge in [0.05, 0.1) is 0 Å². The van der Waals surface area contributed by atoms with E-state index < -0.39 is 11.8 Å². The van der Waals surface area contributed by atoms with E-state index in [9.17, 15) is 14.4 Å². The van der Waals surface area contributed by atoms with Crippen molar-refractivity contribution in [3.63, 3.8) is 0 Å². The number of amides is 3. The van der Waals surface area contributed by atoms with E-state index in [2.05, 4.69) is 6.92 Å². The van der Waals surface area contributed by atoms with Gasteiger partial charge in [-0.3, -0.25) is 14.4 Å². The van der Waals surface area contributed by atoms with Crippen molar-refractivity contribution in [1.29, 1.82) is 0 Å². The van der Waals surface area contributed by atoms with Gasteiger partial charge >= 0.3 is 11.8 Å². The Bertz CT molecular complexity index is 454. The van der Waals surface area contributed by atoms with E-state index in [0.717, 1.165) is 12.8 Å². The van der Waals surface area contributed by atoms with Crippen molar-refractivity contribution in [2.75, 3.05) is 39.3 Å². The van der Waals surface area contributed by atoms with Crippen LogP contribution in [0.15, 0.2) is 0 Å². The van der Waals surface area contributed by atoms with Crippen molar-refractivity contribution >= 4 is 17.7 Å². The molecule has 22 heavy (non-hydrogen) atoms. The summed E-state index contributed by atoms with van der Waals surface area (Å²) in [5, 5.41) is 0. The summed E-state index contributed by atoms with van der Waals surface area (Å²) in [7, 11) is 0. The van der Waals surface area contributed by atoms with Gasteiger partial charge < -0.3 is 20.4 Å². The molecular weight excluding hydrogens is 284 g/mol. The van der Waals surface area contributed by atoms with Crippen LogP contribution in [0.4, 0.5) is 0 Å². The molecule has 2 fully saturated rings. The van der Waals surface area contributed by atoms with Gasteiger partial charge in [0, 0.05) is 38.8 Å². The second-order valence-corrected chi connectivity index (χ2v) is 6.22. The highest BCUT2D eigenvalue weighted by atomic mass is 16.2. The fraction of sp³-hybridized carbons (Fsp3) is 0.800. The predicted octanol–water partition coefficient (Wildman–Crippen LogP) is -0.737. The lowest BCUT2D eigenvalue weighted by Crippen LogP contribution is -2.58. The van der Waals surface area contributed by atoms with Gasteiger partial charge in [0.15, 0.2) is 0 Å².